The molecule has 0 aliphatic carbocycles. The number of esters is 2. The minimum atomic E-state index is -1.51. The summed E-state index contributed by atoms with van der Waals surface area (Å²) in [6.45, 7) is 4.82. The minimum Gasteiger partial charge on any atom is -0.477 e. The van der Waals surface area contributed by atoms with E-state index in [2.05, 4.69) is 98.9 Å². The van der Waals surface area contributed by atoms with Gasteiger partial charge in [0.2, 0.25) is 0 Å². The van der Waals surface area contributed by atoms with Crippen LogP contribution in [0.3, 0.4) is 0 Å². The molecule has 2 unspecified atom stereocenters. The lowest BCUT2D eigenvalue weighted by molar-refractivity contribution is -0.870. The molecule has 0 rings (SSSR count). The molecule has 9 heteroatoms. The second-order valence-electron chi connectivity index (χ2n) is 31.5. The van der Waals surface area contributed by atoms with Gasteiger partial charge in [-0.25, -0.2) is 4.79 Å². The summed E-state index contributed by atoms with van der Waals surface area (Å²) in [5.41, 5.74) is 0. The first-order valence-electron chi connectivity index (χ1n) is 44.8. The van der Waals surface area contributed by atoms with Crippen LogP contribution in [0.25, 0.3) is 0 Å². The molecule has 0 aromatic rings. The number of ether oxygens (including phenoxy) is 4. The van der Waals surface area contributed by atoms with E-state index >= 15 is 0 Å². The van der Waals surface area contributed by atoms with E-state index in [-0.39, 0.29) is 38.2 Å². The Labute approximate surface area is 640 Å². The summed E-state index contributed by atoms with van der Waals surface area (Å²) in [5, 5.41) is 9.80. The average molecular weight is 1440 g/mol. The Balaban J connectivity index is 3.91. The Morgan fingerprint density at radius 2 is 0.553 bits per heavy atom. The summed E-state index contributed by atoms with van der Waals surface area (Å²) in [6, 6.07) is 0. The molecule has 0 aromatic carbocycles. The number of aliphatic carboxylic acids is 1. The van der Waals surface area contributed by atoms with Gasteiger partial charge in [-0.05, 0) is 89.9 Å². The van der Waals surface area contributed by atoms with Crippen molar-refractivity contribution in [1.82, 2.24) is 0 Å². The number of carboxylic acids is 1. The standard InChI is InChI=1S/C94H171NO8/c1-6-8-10-12-14-16-18-20-22-24-26-28-30-32-34-36-38-40-42-44-45-46-47-49-51-53-55-57-59-61-63-65-67-69-71-73-75-77-79-81-83-85-92(97)103-90(89-102-94(93(98)99)100-87-86-95(3,4)5)88-101-91(96)84-82-80-78-76-74-72-70-68-66-64-62-60-58-56-54-52-50-48-43-41-39-37-35-33-31-29-27-25-23-21-19-17-15-13-11-9-7-2/h8,10,14,16,19-22,25-28,31,33,90,94H,6-7,9,11-13,15,17-18,23-24,29-30,32,34-89H2,1-5H3/p+1/b10-8-,16-14-,21-19-,22-20-,27-25-,28-26-,33-31-. The van der Waals surface area contributed by atoms with Gasteiger partial charge < -0.3 is 28.5 Å². The van der Waals surface area contributed by atoms with E-state index in [1.54, 1.807) is 0 Å². The van der Waals surface area contributed by atoms with Gasteiger partial charge in [0.25, 0.3) is 6.29 Å². The third-order valence-electron chi connectivity index (χ3n) is 20.1. The van der Waals surface area contributed by atoms with Crippen LogP contribution in [0.4, 0.5) is 0 Å². The number of allylic oxidation sites excluding steroid dienone is 14. The molecule has 0 fully saturated rings. The molecule has 0 radical (unpaired) electrons. The van der Waals surface area contributed by atoms with Crippen LogP contribution < -0.4 is 0 Å². The van der Waals surface area contributed by atoms with Gasteiger partial charge in [-0.1, -0.05) is 420 Å². The van der Waals surface area contributed by atoms with Gasteiger partial charge in [0.1, 0.15) is 13.2 Å². The second kappa shape index (κ2) is 84.1. The molecule has 0 heterocycles. The van der Waals surface area contributed by atoms with Gasteiger partial charge in [0.15, 0.2) is 6.10 Å². The lowest BCUT2D eigenvalue weighted by Crippen LogP contribution is -2.40. The molecule has 103 heavy (non-hydrogen) atoms. The number of hydrogen-bond acceptors (Lipinski definition) is 7. The highest BCUT2D eigenvalue weighted by atomic mass is 16.7. The topological polar surface area (TPSA) is 108 Å². The summed E-state index contributed by atoms with van der Waals surface area (Å²) in [6.07, 6.45) is 114. The van der Waals surface area contributed by atoms with Crippen LogP contribution in [-0.2, 0) is 33.3 Å². The Hall–Kier alpha value is -3.53. The monoisotopic (exact) mass is 1440 g/mol. The predicted octanol–water partition coefficient (Wildman–Crippen LogP) is 29.3. The van der Waals surface area contributed by atoms with Crippen molar-refractivity contribution >= 4 is 17.9 Å². The number of carbonyl (C=O) groups is 3. The maximum atomic E-state index is 13.0. The van der Waals surface area contributed by atoms with Gasteiger partial charge in [0.05, 0.1) is 34.4 Å². The van der Waals surface area contributed by atoms with Crippen molar-refractivity contribution in [3.05, 3.63) is 85.1 Å². The maximum Gasteiger partial charge on any atom is 0.361 e. The van der Waals surface area contributed by atoms with Crippen LogP contribution in [-0.4, -0.2) is 87.4 Å². The molecule has 2 atom stereocenters. The molecule has 0 saturated heterocycles. The van der Waals surface area contributed by atoms with Crippen molar-refractivity contribution in [2.24, 2.45) is 0 Å². The van der Waals surface area contributed by atoms with Gasteiger partial charge in [0, 0.05) is 12.8 Å². The Morgan fingerprint density at radius 1 is 0.301 bits per heavy atom. The maximum absolute atomic E-state index is 13.0. The smallest absolute Gasteiger partial charge is 0.361 e. The van der Waals surface area contributed by atoms with Gasteiger partial charge in [-0.15, -0.1) is 0 Å². The Bertz CT molecular complexity index is 1980. The van der Waals surface area contributed by atoms with Crippen molar-refractivity contribution < 1.29 is 42.9 Å². The summed E-state index contributed by atoms with van der Waals surface area (Å²) in [4.78, 5) is 37.8. The summed E-state index contributed by atoms with van der Waals surface area (Å²) in [5.74, 6) is -1.97. The molecule has 0 bridgehead atoms. The zero-order chi connectivity index (χ0) is 74.6. The molecule has 600 valence electrons. The molecular weight excluding hydrogens is 1270 g/mol. The van der Waals surface area contributed by atoms with Crippen LogP contribution in [0.5, 0.6) is 0 Å². The first-order valence-corrected chi connectivity index (χ1v) is 44.8. The zero-order valence-electron chi connectivity index (χ0n) is 69.0. The summed E-state index contributed by atoms with van der Waals surface area (Å²) < 4.78 is 23.1. The fraction of sp³-hybridized carbons (Fsp3) is 0.819. The van der Waals surface area contributed by atoms with E-state index in [1.165, 1.54) is 334 Å². The second-order valence-corrected chi connectivity index (χ2v) is 31.5. The normalized spacial score (nSPS) is 13.0. The molecule has 9 nitrogen and oxygen atoms in total. The molecule has 1 N–H and O–H groups in total. The Morgan fingerprint density at radius 3 is 0.825 bits per heavy atom. The molecule has 0 aliphatic heterocycles. The number of hydrogen-bond donors (Lipinski definition) is 1. The van der Waals surface area contributed by atoms with Crippen molar-refractivity contribution in [3.8, 4) is 0 Å². The predicted molar refractivity (Wildman–Crippen MR) is 447 cm³/mol. The molecule has 0 amide bonds. The highest BCUT2D eigenvalue weighted by Gasteiger charge is 2.25. The minimum absolute atomic E-state index is 0.177. The van der Waals surface area contributed by atoms with Crippen LogP contribution in [0.2, 0.25) is 0 Å². The molecule has 0 spiro atoms. The average Bonchev–Trinajstić information content (AvgIpc) is 1.01. The number of likely N-dealkylation sites (N-methyl/N-ethyl adjacent to an activating group) is 1. The zero-order valence-corrected chi connectivity index (χ0v) is 69.0. The first kappa shape index (κ1) is 99.5. The van der Waals surface area contributed by atoms with E-state index < -0.39 is 18.4 Å². The van der Waals surface area contributed by atoms with Gasteiger partial charge in [-0.2, -0.15) is 0 Å². The van der Waals surface area contributed by atoms with Gasteiger partial charge >= 0.3 is 17.9 Å². The van der Waals surface area contributed by atoms with E-state index in [0.717, 1.165) is 77.0 Å². The van der Waals surface area contributed by atoms with Crippen molar-refractivity contribution in [2.75, 3.05) is 47.5 Å². The number of carbonyl (C=O) groups excluding carboxylic acids is 2. The fourth-order valence-electron chi connectivity index (χ4n) is 13.4. The molecule has 0 aromatic heterocycles. The van der Waals surface area contributed by atoms with Crippen LogP contribution >= 0.6 is 0 Å². The SMILES string of the molecule is CC/C=C\C/C=C\C/C=C\C/C=C\CCCCCCCCCCCCCCCCCCCCCCCCCCCCCCC(=O)OC(COC(=O)CCCCCCCCCCCCCCCCCCCCCCCC/C=C\C/C=C\C/C=C\CCCCCCC)COC(OCC[N+](C)(C)C)C(=O)O. The summed E-state index contributed by atoms with van der Waals surface area (Å²) >= 11 is 0. The molecular formula is C94H172NO8+. The van der Waals surface area contributed by atoms with E-state index in [4.69, 9.17) is 18.9 Å². The van der Waals surface area contributed by atoms with Crippen molar-refractivity contribution in [1.29, 1.82) is 0 Å². The van der Waals surface area contributed by atoms with Crippen LogP contribution in [0.1, 0.15) is 438 Å². The van der Waals surface area contributed by atoms with Crippen molar-refractivity contribution in [2.45, 2.75) is 450 Å². The molecule has 0 aliphatic rings. The quantitative estimate of drug-likeness (QED) is 0.0211. The number of nitrogens with zero attached hydrogens (tertiary/aromatic N) is 1. The summed E-state index contributed by atoms with van der Waals surface area (Å²) in [7, 11) is 6.00. The highest BCUT2D eigenvalue weighted by molar-refractivity contribution is 5.71. The molecule has 0 saturated carbocycles. The van der Waals surface area contributed by atoms with Crippen molar-refractivity contribution in [3.63, 3.8) is 0 Å². The largest absolute Gasteiger partial charge is 0.477 e. The lowest BCUT2D eigenvalue weighted by atomic mass is 10.0. The first-order chi connectivity index (χ1) is 50.6. The number of quaternary nitrogens is 1. The fourth-order valence-corrected chi connectivity index (χ4v) is 13.4. The van der Waals surface area contributed by atoms with Gasteiger partial charge in [-0.3, -0.25) is 9.59 Å². The third-order valence-corrected chi connectivity index (χ3v) is 20.1. The number of carboxylic acid groups (broad SMARTS) is 1. The Kier molecular flexibility index (Phi) is 81.2. The number of unbranched alkanes of at least 4 members (excludes halogenated alkanes) is 55. The van der Waals surface area contributed by atoms with E-state index in [0.29, 0.717) is 17.4 Å². The van der Waals surface area contributed by atoms with Crippen LogP contribution in [0.15, 0.2) is 85.1 Å². The lowest BCUT2D eigenvalue weighted by Gasteiger charge is -2.25. The van der Waals surface area contributed by atoms with Crippen LogP contribution in [0, 0.1) is 0 Å². The van der Waals surface area contributed by atoms with E-state index in [1.807, 2.05) is 21.1 Å². The van der Waals surface area contributed by atoms with E-state index in [9.17, 15) is 19.5 Å². The number of rotatable bonds is 84. The third kappa shape index (κ3) is 85.6. The highest BCUT2D eigenvalue weighted by Crippen LogP contribution is 2.20.